The van der Waals surface area contributed by atoms with E-state index in [9.17, 15) is 18.0 Å². The largest absolute Gasteiger partial charge is 0.496 e. The lowest BCUT2D eigenvalue weighted by Gasteiger charge is -2.34. The summed E-state index contributed by atoms with van der Waals surface area (Å²) in [5.74, 6) is -0.0853. The van der Waals surface area contributed by atoms with Gasteiger partial charge in [-0.2, -0.15) is 0 Å². The molecular weight excluding hydrogens is 653 g/mol. The lowest BCUT2D eigenvalue weighted by atomic mass is 9.71. The SMILES string of the molecule is COc1ccc(C2CCCCC2)c2c1cc1n2CC2=C(C(=O)NS(=O)(=O)CC(C)C)C2=C2C=CC[C@@H](C(=O)N3CC45CNCC4(COC5)C3)C21. The third kappa shape index (κ3) is 4.82. The molecule has 11 heteroatoms. The molecule has 4 aliphatic heterocycles. The monoisotopic (exact) mass is 700 g/mol. The third-order valence-corrected chi connectivity index (χ3v) is 14.5. The molecule has 50 heavy (non-hydrogen) atoms. The number of nitrogens with one attached hydrogen (secondary N) is 2. The molecule has 7 aliphatic rings. The summed E-state index contributed by atoms with van der Waals surface area (Å²) in [7, 11) is -2.10. The first-order valence-corrected chi connectivity index (χ1v) is 20.2. The zero-order chi connectivity index (χ0) is 34.6. The Balaban J connectivity index is 1.18. The van der Waals surface area contributed by atoms with E-state index < -0.39 is 15.9 Å². The highest BCUT2D eigenvalue weighted by molar-refractivity contribution is 7.90. The minimum absolute atomic E-state index is 0.0486. The van der Waals surface area contributed by atoms with Crippen LogP contribution < -0.4 is 14.8 Å². The fraction of sp³-hybridized carbons (Fsp3) is 0.590. The van der Waals surface area contributed by atoms with Crippen LogP contribution >= 0.6 is 0 Å². The summed E-state index contributed by atoms with van der Waals surface area (Å²) in [5.41, 5.74) is 6.46. The molecule has 1 aromatic carbocycles. The Hall–Kier alpha value is -3.41. The molecule has 1 saturated carbocycles. The molecule has 4 fully saturated rings. The Morgan fingerprint density at radius 3 is 2.54 bits per heavy atom. The molecule has 266 valence electrons. The van der Waals surface area contributed by atoms with Crippen LogP contribution in [0.15, 0.2) is 52.6 Å². The summed E-state index contributed by atoms with van der Waals surface area (Å²) in [5, 5.41) is 4.62. The van der Waals surface area contributed by atoms with Gasteiger partial charge in [0.25, 0.3) is 5.91 Å². The second kappa shape index (κ2) is 11.5. The summed E-state index contributed by atoms with van der Waals surface area (Å²) < 4.78 is 42.6. The number of ether oxygens (including phenoxy) is 2. The standard InChI is InChI=1S/C39H48N4O6S/c1-23(2)16-50(46,47)41-36(44)34-29-15-43-30(14-28-31(48-3)13-12-25(35(28)43)24-8-5-4-6-9-24)32-26(33(29)34)10-7-11-27(32)37(45)42-19-38-17-40-18-39(38,20-42)22-49-21-38/h7,10,12-14,23-24,27,32,40H,4-6,8-9,11,15-22H2,1-3H3,(H,41,44)/t27-,32?,38?,39?/m1/s1. The van der Waals surface area contributed by atoms with Crippen LogP contribution in [-0.2, 0) is 30.9 Å². The number of methoxy groups -OCH3 is 1. The average molecular weight is 701 g/mol. The van der Waals surface area contributed by atoms with Crippen molar-refractivity contribution in [1.29, 1.82) is 0 Å². The zero-order valence-corrected chi connectivity index (χ0v) is 30.2. The number of nitrogens with zero attached hydrogens (tertiary/aromatic N) is 2. The van der Waals surface area contributed by atoms with Gasteiger partial charge in [-0.05, 0) is 65.5 Å². The topological polar surface area (TPSA) is 119 Å². The molecule has 2 amide bonds. The van der Waals surface area contributed by atoms with Crippen LogP contribution in [-0.4, -0.2) is 82.0 Å². The summed E-state index contributed by atoms with van der Waals surface area (Å²) in [6.07, 6.45) is 10.7. The quantitative estimate of drug-likeness (QED) is 0.436. The van der Waals surface area contributed by atoms with E-state index in [1.807, 2.05) is 13.8 Å². The van der Waals surface area contributed by atoms with Crippen LogP contribution in [0.2, 0.25) is 0 Å². The Morgan fingerprint density at radius 2 is 1.84 bits per heavy atom. The minimum Gasteiger partial charge on any atom is -0.496 e. The van der Waals surface area contributed by atoms with Gasteiger partial charge in [0.05, 0.1) is 43.1 Å². The molecule has 5 heterocycles. The van der Waals surface area contributed by atoms with Crippen LogP contribution in [0.25, 0.3) is 10.9 Å². The van der Waals surface area contributed by atoms with E-state index in [0.717, 1.165) is 65.0 Å². The van der Waals surface area contributed by atoms with Crippen molar-refractivity contribution in [2.45, 2.75) is 70.8 Å². The van der Waals surface area contributed by atoms with Gasteiger partial charge in [0, 0.05) is 60.6 Å². The Bertz CT molecular complexity index is 1990. The fourth-order valence-electron chi connectivity index (χ4n) is 10.7. The summed E-state index contributed by atoms with van der Waals surface area (Å²) in [6.45, 7) is 8.55. The van der Waals surface area contributed by atoms with E-state index in [1.165, 1.54) is 24.8 Å². The molecule has 10 nitrogen and oxygen atoms in total. The number of fused-ring (bicyclic) bond motifs is 6. The van der Waals surface area contributed by atoms with E-state index in [0.29, 0.717) is 50.8 Å². The predicted octanol–water partition coefficient (Wildman–Crippen LogP) is 4.53. The predicted molar refractivity (Wildman–Crippen MR) is 190 cm³/mol. The van der Waals surface area contributed by atoms with E-state index >= 15 is 0 Å². The fourth-order valence-corrected chi connectivity index (χ4v) is 12.0. The van der Waals surface area contributed by atoms with Crippen molar-refractivity contribution in [3.63, 3.8) is 0 Å². The Labute approximate surface area is 294 Å². The van der Waals surface area contributed by atoms with Gasteiger partial charge in [0.15, 0.2) is 0 Å². The number of hydrogen-bond donors (Lipinski definition) is 2. The molecule has 0 radical (unpaired) electrons. The van der Waals surface area contributed by atoms with Crippen LogP contribution in [0.5, 0.6) is 5.75 Å². The van der Waals surface area contributed by atoms with Gasteiger partial charge in [-0.15, -0.1) is 0 Å². The number of sulfonamides is 1. The third-order valence-electron chi connectivity index (χ3n) is 12.9. The van der Waals surface area contributed by atoms with Crippen molar-refractivity contribution in [3.8, 4) is 5.75 Å². The highest BCUT2D eigenvalue weighted by Crippen LogP contribution is 2.57. The molecule has 3 saturated heterocycles. The number of allylic oxidation sites excluding steroid dienone is 4. The first kappa shape index (κ1) is 32.5. The number of hydrogen-bond acceptors (Lipinski definition) is 7. The molecule has 2 N–H and O–H groups in total. The molecule has 4 atom stereocenters. The normalized spacial score (nSPS) is 30.3. The number of amides is 2. The second-order valence-electron chi connectivity index (χ2n) is 16.5. The van der Waals surface area contributed by atoms with Crippen molar-refractivity contribution < 1.29 is 27.5 Å². The minimum atomic E-state index is -3.81. The number of rotatable bonds is 7. The molecule has 9 rings (SSSR count). The number of aromatic nitrogens is 1. The lowest BCUT2D eigenvalue weighted by Crippen LogP contribution is -2.42. The molecule has 1 aromatic heterocycles. The maximum atomic E-state index is 14.9. The average Bonchev–Trinajstić information content (AvgIpc) is 3.25. The van der Waals surface area contributed by atoms with Crippen molar-refractivity contribution in [2.75, 3.05) is 52.3 Å². The van der Waals surface area contributed by atoms with E-state index in [1.54, 1.807) is 7.11 Å². The highest BCUT2D eigenvalue weighted by atomic mass is 32.2. The second-order valence-corrected chi connectivity index (χ2v) is 18.2. The van der Waals surface area contributed by atoms with Gasteiger partial charge >= 0.3 is 0 Å². The maximum Gasteiger partial charge on any atom is 0.265 e. The summed E-state index contributed by atoms with van der Waals surface area (Å²) >= 11 is 0. The zero-order valence-electron chi connectivity index (χ0n) is 29.3. The highest BCUT2D eigenvalue weighted by Gasteiger charge is 2.65. The van der Waals surface area contributed by atoms with Crippen LogP contribution in [0.1, 0.15) is 75.5 Å². The summed E-state index contributed by atoms with van der Waals surface area (Å²) in [6, 6.07) is 6.55. The van der Waals surface area contributed by atoms with Crippen LogP contribution in [0.4, 0.5) is 0 Å². The van der Waals surface area contributed by atoms with Gasteiger partial charge in [0.2, 0.25) is 15.9 Å². The number of benzene rings is 1. The van der Waals surface area contributed by atoms with Gasteiger partial charge in [-0.1, -0.05) is 51.3 Å². The van der Waals surface area contributed by atoms with Crippen LogP contribution in [0.3, 0.4) is 0 Å². The first-order chi connectivity index (χ1) is 24.1. The smallest absolute Gasteiger partial charge is 0.265 e. The molecule has 0 spiro atoms. The molecule has 0 bridgehead atoms. The van der Waals surface area contributed by atoms with Crippen molar-refractivity contribution in [3.05, 3.63) is 63.9 Å². The summed E-state index contributed by atoms with van der Waals surface area (Å²) in [4.78, 5) is 30.8. The maximum absolute atomic E-state index is 14.9. The number of likely N-dealkylation sites (tertiary alicyclic amines) is 1. The Kier molecular flexibility index (Phi) is 7.51. The van der Waals surface area contributed by atoms with Crippen molar-refractivity contribution in [1.82, 2.24) is 19.5 Å². The molecular formula is C39H48N4O6S. The Morgan fingerprint density at radius 1 is 1.10 bits per heavy atom. The van der Waals surface area contributed by atoms with Gasteiger partial charge in [-0.25, -0.2) is 13.1 Å². The van der Waals surface area contributed by atoms with E-state index in [2.05, 4.69) is 49.9 Å². The van der Waals surface area contributed by atoms with E-state index in [4.69, 9.17) is 9.47 Å². The lowest BCUT2D eigenvalue weighted by molar-refractivity contribution is -0.136. The van der Waals surface area contributed by atoms with Crippen molar-refractivity contribution >= 4 is 32.7 Å². The van der Waals surface area contributed by atoms with Crippen LogP contribution in [0, 0.1) is 22.7 Å². The first-order valence-electron chi connectivity index (χ1n) is 18.5. The number of carbonyl (C=O) groups excluding carboxylic acids is 2. The molecule has 2 aromatic rings. The van der Waals surface area contributed by atoms with Gasteiger partial charge in [0.1, 0.15) is 5.75 Å². The number of carbonyl (C=O) groups is 2. The van der Waals surface area contributed by atoms with Gasteiger partial charge < -0.3 is 24.3 Å². The van der Waals surface area contributed by atoms with Gasteiger partial charge in [-0.3, -0.25) is 9.59 Å². The van der Waals surface area contributed by atoms with E-state index in [-0.39, 0.29) is 40.2 Å². The molecule has 3 aliphatic carbocycles. The molecule has 3 unspecified atom stereocenters. The van der Waals surface area contributed by atoms with Crippen molar-refractivity contribution in [2.24, 2.45) is 22.7 Å².